The van der Waals surface area contributed by atoms with Crippen molar-refractivity contribution < 1.29 is 22.8 Å². The Hall–Kier alpha value is -1.96. The van der Waals surface area contributed by atoms with Crippen LogP contribution in [0.2, 0.25) is 10.0 Å². The molecule has 0 bridgehead atoms. The molecule has 0 spiro atoms. The van der Waals surface area contributed by atoms with Gasteiger partial charge in [0.1, 0.15) is 0 Å². The summed E-state index contributed by atoms with van der Waals surface area (Å²) < 4.78 is 40.9. The largest absolute Gasteiger partial charge is 0.417 e. The standard InChI is InChI=1S/C22H18Cl2F3NO2S/c1-12-5-13(3-4-17(12)20(30)28-21(2)10-31-11-21)19(29)9-18(22(25,26)27)14-6-15(23)8-16(24)7-14/h3-9H,10-11H2,1-2H3,(H,28,30)/b18-9+. The highest BCUT2D eigenvalue weighted by molar-refractivity contribution is 8.00. The Morgan fingerprint density at radius 2 is 1.68 bits per heavy atom. The van der Waals surface area contributed by atoms with Gasteiger partial charge >= 0.3 is 6.18 Å². The number of carbonyl (C=O) groups is 2. The second kappa shape index (κ2) is 8.88. The summed E-state index contributed by atoms with van der Waals surface area (Å²) in [4.78, 5) is 25.1. The quantitative estimate of drug-likeness (QED) is 0.393. The van der Waals surface area contributed by atoms with Crippen LogP contribution in [0.25, 0.3) is 5.57 Å². The van der Waals surface area contributed by atoms with Crippen LogP contribution in [0.1, 0.15) is 38.8 Å². The Morgan fingerprint density at radius 1 is 1.06 bits per heavy atom. The molecule has 1 aliphatic heterocycles. The molecule has 9 heteroatoms. The molecule has 31 heavy (non-hydrogen) atoms. The van der Waals surface area contributed by atoms with E-state index in [1.165, 1.54) is 24.3 Å². The first-order chi connectivity index (χ1) is 14.4. The van der Waals surface area contributed by atoms with Gasteiger partial charge in [-0.25, -0.2) is 0 Å². The number of ketones is 1. The van der Waals surface area contributed by atoms with Crippen molar-refractivity contribution >= 4 is 52.2 Å². The monoisotopic (exact) mass is 487 g/mol. The molecule has 1 heterocycles. The molecular formula is C22H18Cl2F3NO2S. The van der Waals surface area contributed by atoms with Gasteiger partial charge in [0.25, 0.3) is 5.91 Å². The molecule has 0 aliphatic carbocycles. The molecule has 1 N–H and O–H groups in total. The predicted molar refractivity (Wildman–Crippen MR) is 119 cm³/mol. The highest BCUT2D eigenvalue weighted by Crippen LogP contribution is 2.36. The van der Waals surface area contributed by atoms with E-state index < -0.39 is 17.5 Å². The lowest BCUT2D eigenvalue weighted by Gasteiger charge is -2.38. The highest BCUT2D eigenvalue weighted by Gasteiger charge is 2.36. The minimum atomic E-state index is -4.80. The van der Waals surface area contributed by atoms with Gasteiger partial charge in [-0.15, -0.1) is 0 Å². The molecule has 0 unspecified atom stereocenters. The van der Waals surface area contributed by atoms with Crippen LogP contribution in [-0.4, -0.2) is 34.9 Å². The lowest BCUT2D eigenvalue weighted by atomic mass is 9.98. The molecule has 0 atom stereocenters. The molecule has 2 aromatic rings. The van der Waals surface area contributed by atoms with E-state index in [-0.39, 0.29) is 32.6 Å². The summed E-state index contributed by atoms with van der Waals surface area (Å²) in [6, 6.07) is 7.70. The fourth-order valence-corrected chi connectivity index (χ4v) is 4.63. The Morgan fingerprint density at radius 3 is 2.16 bits per heavy atom. The van der Waals surface area contributed by atoms with E-state index in [0.29, 0.717) is 17.2 Å². The van der Waals surface area contributed by atoms with Gasteiger partial charge in [0.2, 0.25) is 0 Å². The van der Waals surface area contributed by atoms with Gasteiger partial charge in [0.15, 0.2) is 5.78 Å². The molecule has 1 fully saturated rings. The van der Waals surface area contributed by atoms with Crippen LogP contribution in [0.15, 0.2) is 42.5 Å². The summed E-state index contributed by atoms with van der Waals surface area (Å²) in [7, 11) is 0. The van der Waals surface area contributed by atoms with Crippen LogP contribution in [0.3, 0.4) is 0 Å². The minimum Gasteiger partial charge on any atom is -0.345 e. The third-order valence-corrected chi connectivity index (χ3v) is 6.89. The van der Waals surface area contributed by atoms with E-state index in [9.17, 15) is 22.8 Å². The molecule has 0 radical (unpaired) electrons. The van der Waals surface area contributed by atoms with E-state index in [4.69, 9.17) is 23.2 Å². The third kappa shape index (κ3) is 5.64. The zero-order chi connectivity index (χ0) is 23.0. The van der Waals surface area contributed by atoms with Crippen LogP contribution < -0.4 is 5.32 Å². The second-order valence-electron chi connectivity index (χ2n) is 7.62. The van der Waals surface area contributed by atoms with Gasteiger partial charge < -0.3 is 5.32 Å². The van der Waals surface area contributed by atoms with Gasteiger partial charge in [-0.1, -0.05) is 29.3 Å². The third-order valence-electron chi connectivity index (χ3n) is 4.77. The summed E-state index contributed by atoms with van der Waals surface area (Å²) in [5.74, 6) is 0.500. The predicted octanol–water partition coefficient (Wildman–Crippen LogP) is 6.37. The van der Waals surface area contributed by atoms with Crippen molar-refractivity contribution in [2.75, 3.05) is 11.5 Å². The van der Waals surface area contributed by atoms with Crippen molar-refractivity contribution in [3.63, 3.8) is 0 Å². The van der Waals surface area contributed by atoms with Crippen molar-refractivity contribution in [1.29, 1.82) is 0 Å². The van der Waals surface area contributed by atoms with E-state index in [0.717, 1.165) is 23.6 Å². The summed E-state index contributed by atoms with van der Waals surface area (Å²) in [6.45, 7) is 3.58. The zero-order valence-corrected chi connectivity index (χ0v) is 18.9. The van der Waals surface area contributed by atoms with Crippen LogP contribution in [0.4, 0.5) is 13.2 Å². The van der Waals surface area contributed by atoms with Crippen LogP contribution >= 0.6 is 35.0 Å². The molecule has 1 aliphatic rings. The Kier molecular flexibility index (Phi) is 6.79. The van der Waals surface area contributed by atoms with Crippen LogP contribution in [-0.2, 0) is 0 Å². The van der Waals surface area contributed by atoms with Gasteiger partial charge in [-0.05, 0) is 61.4 Å². The molecule has 1 saturated heterocycles. The number of rotatable bonds is 5. The fourth-order valence-electron chi connectivity index (χ4n) is 3.15. The molecule has 3 nitrogen and oxygen atoms in total. The SMILES string of the molecule is Cc1cc(C(=O)/C=C(\c2cc(Cl)cc(Cl)c2)C(F)(F)F)ccc1C(=O)NC1(C)CSC1. The molecule has 2 aromatic carbocycles. The van der Waals surface area contributed by atoms with Crippen molar-refractivity contribution in [3.05, 3.63) is 74.8 Å². The minimum absolute atomic E-state index is 0.0230. The van der Waals surface area contributed by atoms with Gasteiger partial charge in [-0.2, -0.15) is 24.9 Å². The van der Waals surface area contributed by atoms with Gasteiger partial charge in [-0.3, -0.25) is 9.59 Å². The molecule has 0 aromatic heterocycles. The lowest BCUT2D eigenvalue weighted by Crippen LogP contribution is -2.55. The fraction of sp³-hybridized carbons (Fsp3) is 0.273. The van der Waals surface area contributed by atoms with Gasteiger partial charge in [0, 0.05) is 32.7 Å². The highest BCUT2D eigenvalue weighted by atomic mass is 35.5. The Balaban J connectivity index is 1.90. The van der Waals surface area contributed by atoms with Gasteiger partial charge in [0.05, 0.1) is 11.1 Å². The second-order valence-corrected chi connectivity index (χ2v) is 9.47. The average molecular weight is 488 g/mol. The van der Waals surface area contributed by atoms with E-state index in [1.807, 2.05) is 6.92 Å². The van der Waals surface area contributed by atoms with E-state index in [1.54, 1.807) is 18.7 Å². The summed E-state index contributed by atoms with van der Waals surface area (Å²) in [5, 5.41) is 3.00. The van der Waals surface area contributed by atoms with Crippen molar-refractivity contribution in [2.45, 2.75) is 25.6 Å². The number of alkyl halides is 3. The van der Waals surface area contributed by atoms with E-state index >= 15 is 0 Å². The number of aryl methyl sites for hydroxylation is 1. The smallest absolute Gasteiger partial charge is 0.345 e. The summed E-state index contributed by atoms with van der Waals surface area (Å²) >= 11 is 13.4. The summed E-state index contributed by atoms with van der Waals surface area (Å²) in [6.07, 6.45) is -4.28. The first kappa shape index (κ1) is 23.7. The number of allylic oxidation sites excluding steroid dienone is 2. The number of amides is 1. The summed E-state index contributed by atoms with van der Waals surface area (Å²) in [5.41, 5.74) is -0.836. The first-order valence-electron chi connectivity index (χ1n) is 9.19. The number of benzene rings is 2. The van der Waals surface area contributed by atoms with Crippen LogP contribution in [0, 0.1) is 6.92 Å². The molecule has 1 amide bonds. The number of halogens is 5. The van der Waals surface area contributed by atoms with E-state index in [2.05, 4.69) is 5.32 Å². The van der Waals surface area contributed by atoms with Crippen LogP contribution in [0.5, 0.6) is 0 Å². The van der Waals surface area contributed by atoms with Crippen molar-refractivity contribution in [3.8, 4) is 0 Å². The zero-order valence-electron chi connectivity index (χ0n) is 16.6. The molecular weight excluding hydrogens is 470 g/mol. The van der Waals surface area contributed by atoms with Crippen molar-refractivity contribution in [1.82, 2.24) is 5.32 Å². The maximum absolute atomic E-state index is 13.6. The molecule has 164 valence electrons. The maximum Gasteiger partial charge on any atom is 0.417 e. The topological polar surface area (TPSA) is 46.2 Å². The number of thioether (sulfide) groups is 1. The normalized spacial score (nSPS) is 15.9. The molecule has 3 rings (SSSR count). The Bertz CT molecular complexity index is 1060. The maximum atomic E-state index is 13.6. The lowest BCUT2D eigenvalue weighted by molar-refractivity contribution is -0.0689. The van der Waals surface area contributed by atoms with Crippen molar-refractivity contribution in [2.24, 2.45) is 0 Å². The number of hydrogen-bond donors (Lipinski definition) is 1. The molecule has 0 saturated carbocycles. The number of hydrogen-bond acceptors (Lipinski definition) is 3. The number of carbonyl (C=O) groups excluding carboxylic acids is 2. The first-order valence-corrected chi connectivity index (χ1v) is 11.1. The Labute approximate surface area is 192 Å². The average Bonchev–Trinajstić information content (AvgIpc) is 2.62. The number of nitrogens with one attached hydrogen (secondary N) is 1.